The molecule has 9 nitrogen and oxygen atoms in total. The van der Waals surface area contributed by atoms with Gasteiger partial charge in [-0.2, -0.15) is 4.98 Å². The van der Waals surface area contributed by atoms with Gasteiger partial charge in [-0.15, -0.1) is 0 Å². The number of carbonyl (C=O) groups excluding carboxylic acids is 1. The van der Waals surface area contributed by atoms with Crippen molar-refractivity contribution in [2.45, 2.75) is 51.1 Å². The molecule has 3 aromatic heterocycles. The van der Waals surface area contributed by atoms with E-state index in [9.17, 15) is 9.59 Å². The maximum Gasteiger partial charge on any atom is 0.257 e. The third-order valence-electron chi connectivity index (χ3n) is 6.27. The number of rotatable bonds is 4. The summed E-state index contributed by atoms with van der Waals surface area (Å²) in [5.74, 6) is 1.69. The van der Waals surface area contributed by atoms with E-state index < -0.39 is 0 Å². The van der Waals surface area contributed by atoms with Crippen LogP contribution in [0.25, 0.3) is 11.9 Å². The minimum Gasteiger partial charge on any atom is -0.340 e. The van der Waals surface area contributed by atoms with E-state index in [1.807, 2.05) is 6.92 Å². The summed E-state index contributed by atoms with van der Waals surface area (Å²) >= 11 is 0. The lowest BCUT2D eigenvalue weighted by molar-refractivity contribution is -0.120. The Kier molecular flexibility index (Phi) is 4.80. The number of aromatic nitrogens is 5. The van der Waals surface area contributed by atoms with Gasteiger partial charge in [0, 0.05) is 37.7 Å². The smallest absolute Gasteiger partial charge is 0.257 e. The highest BCUT2D eigenvalue weighted by Crippen LogP contribution is 2.39. The van der Waals surface area contributed by atoms with E-state index >= 15 is 0 Å². The SMILES string of the molecule is CC[C@@H]1C(=O)N(C)c2cnc(-n3ccnc3-n3ccccc3=O)nc2N1C1CCCC1. The topological polar surface area (TPSA) is 89.2 Å². The van der Waals surface area contributed by atoms with Gasteiger partial charge >= 0.3 is 0 Å². The van der Waals surface area contributed by atoms with Crippen molar-refractivity contribution < 1.29 is 4.79 Å². The van der Waals surface area contributed by atoms with Crippen molar-refractivity contribution in [1.29, 1.82) is 0 Å². The van der Waals surface area contributed by atoms with Gasteiger partial charge in [0.15, 0.2) is 5.82 Å². The van der Waals surface area contributed by atoms with Crippen LogP contribution in [0.15, 0.2) is 47.8 Å². The van der Waals surface area contributed by atoms with Crippen LogP contribution in [0.1, 0.15) is 39.0 Å². The molecule has 31 heavy (non-hydrogen) atoms. The van der Waals surface area contributed by atoms with Crippen molar-refractivity contribution in [3.63, 3.8) is 0 Å². The fourth-order valence-electron chi connectivity index (χ4n) is 4.71. The number of amides is 1. The fourth-order valence-corrected chi connectivity index (χ4v) is 4.71. The molecule has 0 unspecified atom stereocenters. The molecular weight excluding hydrogens is 394 g/mol. The van der Waals surface area contributed by atoms with Crippen molar-refractivity contribution in [2.75, 3.05) is 16.8 Å². The van der Waals surface area contributed by atoms with Gasteiger partial charge in [0.1, 0.15) is 11.7 Å². The molecule has 0 spiro atoms. The molecule has 0 saturated heterocycles. The Morgan fingerprint density at radius 2 is 1.87 bits per heavy atom. The summed E-state index contributed by atoms with van der Waals surface area (Å²) < 4.78 is 3.16. The zero-order valence-electron chi connectivity index (χ0n) is 17.7. The Bertz CT molecular complexity index is 1180. The average molecular weight is 419 g/mol. The standard InChI is InChI=1S/C22H25N7O2/c1-3-16-20(31)26(2)17-14-24-21(25-19(17)29(16)15-8-4-5-9-15)28-13-11-23-22(28)27-12-7-6-10-18(27)30/h6-7,10-16H,3-5,8-9H2,1-2H3/t16-/m1/s1. The number of likely N-dealkylation sites (N-methyl/N-ethyl adjacent to an activating group) is 1. The van der Waals surface area contributed by atoms with Crippen LogP contribution in [0.5, 0.6) is 0 Å². The van der Waals surface area contributed by atoms with E-state index in [-0.39, 0.29) is 17.5 Å². The zero-order chi connectivity index (χ0) is 21.5. The van der Waals surface area contributed by atoms with Crippen LogP contribution < -0.4 is 15.4 Å². The van der Waals surface area contributed by atoms with Crippen LogP contribution in [0.2, 0.25) is 0 Å². The molecule has 1 amide bonds. The second-order valence-corrected chi connectivity index (χ2v) is 8.05. The number of fused-ring (bicyclic) bond motifs is 1. The lowest BCUT2D eigenvalue weighted by atomic mass is 10.0. The zero-order valence-corrected chi connectivity index (χ0v) is 17.7. The molecule has 1 aliphatic carbocycles. The number of nitrogens with zero attached hydrogens (tertiary/aromatic N) is 7. The van der Waals surface area contributed by atoms with Gasteiger partial charge in [-0.05, 0) is 25.3 Å². The van der Waals surface area contributed by atoms with Gasteiger partial charge in [-0.3, -0.25) is 18.7 Å². The molecule has 160 valence electrons. The largest absolute Gasteiger partial charge is 0.340 e. The molecule has 0 radical (unpaired) electrons. The van der Waals surface area contributed by atoms with E-state index in [1.54, 1.807) is 53.4 Å². The van der Waals surface area contributed by atoms with Gasteiger partial charge in [-0.1, -0.05) is 25.8 Å². The molecule has 3 aromatic rings. The Morgan fingerprint density at radius 1 is 1.06 bits per heavy atom. The quantitative estimate of drug-likeness (QED) is 0.645. The Hall–Kier alpha value is -3.49. The monoisotopic (exact) mass is 419 g/mol. The maximum atomic E-state index is 13.1. The van der Waals surface area contributed by atoms with Crippen molar-refractivity contribution in [3.05, 3.63) is 53.3 Å². The number of carbonyl (C=O) groups is 1. The second kappa shape index (κ2) is 7.64. The summed E-state index contributed by atoms with van der Waals surface area (Å²) in [7, 11) is 1.78. The van der Waals surface area contributed by atoms with Gasteiger partial charge in [0.2, 0.25) is 17.8 Å². The minimum absolute atomic E-state index is 0.0809. The van der Waals surface area contributed by atoms with Gasteiger partial charge in [-0.25, -0.2) is 9.97 Å². The molecule has 1 fully saturated rings. The highest BCUT2D eigenvalue weighted by Gasteiger charge is 2.41. The predicted octanol–water partition coefficient (Wildman–Crippen LogP) is 2.32. The van der Waals surface area contributed by atoms with Gasteiger partial charge < -0.3 is 9.80 Å². The van der Waals surface area contributed by atoms with Crippen LogP contribution in [-0.4, -0.2) is 49.1 Å². The summed E-state index contributed by atoms with van der Waals surface area (Å²) in [6.07, 6.45) is 11.9. The van der Waals surface area contributed by atoms with Gasteiger partial charge in [0.25, 0.3) is 5.56 Å². The Balaban J connectivity index is 1.65. The lowest BCUT2D eigenvalue weighted by Gasteiger charge is -2.43. The molecule has 0 aromatic carbocycles. The van der Waals surface area contributed by atoms with Crippen LogP contribution in [0.3, 0.4) is 0 Å². The van der Waals surface area contributed by atoms with Crippen molar-refractivity contribution in [1.82, 2.24) is 24.1 Å². The predicted molar refractivity (Wildman–Crippen MR) is 117 cm³/mol. The van der Waals surface area contributed by atoms with E-state index in [1.165, 1.54) is 10.6 Å². The minimum atomic E-state index is -0.234. The molecule has 0 bridgehead atoms. The van der Waals surface area contributed by atoms with Crippen molar-refractivity contribution in [3.8, 4) is 11.9 Å². The Morgan fingerprint density at radius 3 is 2.61 bits per heavy atom. The first-order valence-electron chi connectivity index (χ1n) is 10.7. The molecule has 0 N–H and O–H groups in total. The van der Waals surface area contributed by atoms with E-state index in [2.05, 4.69) is 14.9 Å². The van der Waals surface area contributed by atoms with E-state index in [0.717, 1.165) is 31.5 Å². The number of hydrogen-bond acceptors (Lipinski definition) is 6. The molecule has 9 heteroatoms. The first-order valence-corrected chi connectivity index (χ1v) is 10.7. The van der Waals surface area contributed by atoms with Gasteiger partial charge in [0.05, 0.1) is 6.20 Å². The summed E-state index contributed by atoms with van der Waals surface area (Å²) in [5, 5.41) is 0. The van der Waals surface area contributed by atoms with E-state index in [4.69, 9.17) is 4.98 Å². The van der Waals surface area contributed by atoms with Crippen molar-refractivity contribution in [2.24, 2.45) is 0 Å². The molecule has 4 heterocycles. The summed E-state index contributed by atoms with van der Waals surface area (Å²) in [4.78, 5) is 43.1. The first-order chi connectivity index (χ1) is 15.1. The van der Waals surface area contributed by atoms with Crippen LogP contribution in [0, 0.1) is 0 Å². The van der Waals surface area contributed by atoms with Crippen LogP contribution >= 0.6 is 0 Å². The van der Waals surface area contributed by atoms with Crippen LogP contribution in [0.4, 0.5) is 11.5 Å². The summed E-state index contributed by atoms with van der Waals surface area (Å²) in [6, 6.07) is 5.02. The molecule has 1 saturated carbocycles. The first kappa shape index (κ1) is 19.5. The number of hydrogen-bond donors (Lipinski definition) is 0. The van der Waals surface area contributed by atoms with Crippen LogP contribution in [-0.2, 0) is 4.79 Å². The third-order valence-corrected chi connectivity index (χ3v) is 6.27. The molecular formula is C22H25N7O2. The fraction of sp³-hybridized carbons (Fsp3) is 0.409. The highest BCUT2D eigenvalue weighted by molar-refractivity contribution is 6.04. The molecule has 2 aliphatic rings. The normalized spacial score (nSPS) is 19.2. The highest BCUT2D eigenvalue weighted by atomic mass is 16.2. The molecule has 1 atom stereocenters. The lowest BCUT2D eigenvalue weighted by Crippen LogP contribution is -2.55. The molecule has 5 rings (SSSR count). The maximum absolute atomic E-state index is 13.1. The summed E-state index contributed by atoms with van der Waals surface area (Å²) in [5.41, 5.74) is 0.528. The summed E-state index contributed by atoms with van der Waals surface area (Å²) in [6.45, 7) is 2.04. The number of anilines is 2. The Labute approximate surface area is 180 Å². The third kappa shape index (κ3) is 3.11. The number of imidazole rings is 1. The second-order valence-electron chi connectivity index (χ2n) is 8.05. The van der Waals surface area contributed by atoms with Crippen molar-refractivity contribution >= 4 is 17.4 Å². The molecule has 1 aliphatic heterocycles. The number of pyridine rings is 1. The average Bonchev–Trinajstić information content (AvgIpc) is 3.48. The van der Waals surface area contributed by atoms with E-state index in [0.29, 0.717) is 30.0 Å².